The zero-order chi connectivity index (χ0) is 16.7. The van der Waals surface area contributed by atoms with Crippen molar-refractivity contribution in [3.63, 3.8) is 0 Å². The number of nitrogens with zero attached hydrogens (tertiary/aromatic N) is 1. The molecule has 5 nitrogen and oxygen atoms in total. The van der Waals surface area contributed by atoms with Gasteiger partial charge in [-0.2, -0.15) is 0 Å². The van der Waals surface area contributed by atoms with E-state index in [-0.39, 0.29) is 24.8 Å². The second-order valence-electron chi connectivity index (χ2n) is 5.71. The number of hydrogen-bond acceptors (Lipinski definition) is 6. The van der Waals surface area contributed by atoms with Gasteiger partial charge in [0.1, 0.15) is 5.75 Å². The SMILES string of the molecule is Cc1ncc(CO)c(CNC(=O)CCCCC2CCSS2)c1O. The molecule has 3 N–H and O–H groups in total. The first-order valence-electron chi connectivity index (χ1n) is 7.94. The molecule has 2 heterocycles. The Bertz CT molecular complexity index is 534. The summed E-state index contributed by atoms with van der Waals surface area (Å²) in [5.74, 6) is 1.28. The molecule has 1 amide bonds. The molecule has 0 aromatic carbocycles. The third-order valence-corrected chi connectivity index (χ3v) is 6.98. The van der Waals surface area contributed by atoms with E-state index in [4.69, 9.17) is 0 Å². The smallest absolute Gasteiger partial charge is 0.220 e. The van der Waals surface area contributed by atoms with Crippen LogP contribution in [0.1, 0.15) is 48.9 Å². The summed E-state index contributed by atoms with van der Waals surface area (Å²) in [4.78, 5) is 15.9. The second-order valence-corrected chi connectivity index (χ2v) is 8.49. The summed E-state index contributed by atoms with van der Waals surface area (Å²) in [6.45, 7) is 1.71. The molecule has 7 heteroatoms. The van der Waals surface area contributed by atoms with E-state index in [1.807, 2.05) is 21.6 Å². The van der Waals surface area contributed by atoms with Crippen LogP contribution in [0, 0.1) is 6.92 Å². The van der Waals surface area contributed by atoms with E-state index in [1.54, 1.807) is 6.92 Å². The number of nitrogens with one attached hydrogen (secondary N) is 1. The summed E-state index contributed by atoms with van der Waals surface area (Å²) in [6.07, 6.45) is 6.47. The Labute approximate surface area is 145 Å². The lowest BCUT2D eigenvalue weighted by Gasteiger charge is -2.12. The zero-order valence-corrected chi connectivity index (χ0v) is 15.0. The fourth-order valence-corrected chi connectivity index (χ4v) is 5.54. The summed E-state index contributed by atoms with van der Waals surface area (Å²) < 4.78 is 0. The first-order chi connectivity index (χ1) is 11.1. The molecule has 1 aliphatic heterocycles. The molecular weight excluding hydrogens is 332 g/mol. The Morgan fingerprint density at radius 1 is 1.48 bits per heavy atom. The summed E-state index contributed by atoms with van der Waals surface area (Å²) >= 11 is 0. The van der Waals surface area contributed by atoms with E-state index in [0.717, 1.165) is 18.1 Å². The number of hydrogen-bond donors (Lipinski definition) is 3. The highest BCUT2D eigenvalue weighted by Gasteiger charge is 2.16. The lowest BCUT2D eigenvalue weighted by Crippen LogP contribution is -2.23. The van der Waals surface area contributed by atoms with Gasteiger partial charge >= 0.3 is 0 Å². The summed E-state index contributed by atoms with van der Waals surface area (Å²) in [7, 11) is 3.92. The maximum Gasteiger partial charge on any atom is 0.220 e. The number of aliphatic hydroxyl groups is 1. The zero-order valence-electron chi connectivity index (χ0n) is 13.4. The van der Waals surface area contributed by atoms with Gasteiger partial charge in [-0.3, -0.25) is 9.78 Å². The van der Waals surface area contributed by atoms with Crippen molar-refractivity contribution in [3.05, 3.63) is 23.0 Å². The number of aromatic hydroxyl groups is 1. The van der Waals surface area contributed by atoms with Crippen molar-refractivity contribution < 1.29 is 15.0 Å². The van der Waals surface area contributed by atoms with Crippen molar-refractivity contribution in [1.82, 2.24) is 10.3 Å². The van der Waals surface area contributed by atoms with E-state index in [9.17, 15) is 15.0 Å². The van der Waals surface area contributed by atoms with Crippen molar-refractivity contribution in [2.45, 2.75) is 57.4 Å². The van der Waals surface area contributed by atoms with Crippen LogP contribution in [0.25, 0.3) is 0 Å². The van der Waals surface area contributed by atoms with E-state index >= 15 is 0 Å². The predicted octanol–water partition coefficient (Wildman–Crippen LogP) is 2.92. The van der Waals surface area contributed by atoms with Crippen LogP contribution in [-0.2, 0) is 17.9 Å². The number of carbonyl (C=O) groups excluding carboxylic acids is 1. The highest BCUT2D eigenvalue weighted by molar-refractivity contribution is 8.77. The Balaban J connectivity index is 1.72. The Morgan fingerprint density at radius 2 is 2.30 bits per heavy atom. The largest absolute Gasteiger partial charge is 0.506 e. The quantitative estimate of drug-likeness (QED) is 0.491. The van der Waals surface area contributed by atoms with Crippen LogP contribution in [0.15, 0.2) is 6.20 Å². The van der Waals surface area contributed by atoms with Gasteiger partial charge in [-0.1, -0.05) is 28.0 Å². The van der Waals surface area contributed by atoms with Gasteiger partial charge in [0.05, 0.1) is 12.3 Å². The van der Waals surface area contributed by atoms with Gasteiger partial charge < -0.3 is 15.5 Å². The number of pyridine rings is 1. The number of amides is 1. The monoisotopic (exact) mass is 356 g/mol. The van der Waals surface area contributed by atoms with Crippen LogP contribution in [0.4, 0.5) is 0 Å². The number of carbonyl (C=O) groups is 1. The number of aromatic nitrogens is 1. The van der Waals surface area contributed by atoms with Gasteiger partial charge in [0, 0.05) is 41.3 Å². The van der Waals surface area contributed by atoms with Crippen LogP contribution < -0.4 is 5.32 Å². The third-order valence-electron chi connectivity index (χ3n) is 3.97. The summed E-state index contributed by atoms with van der Waals surface area (Å²) in [6, 6.07) is 0. The Morgan fingerprint density at radius 3 is 3.00 bits per heavy atom. The minimum Gasteiger partial charge on any atom is -0.506 e. The number of aliphatic hydroxyl groups excluding tert-OH is 1. The van der Waals surface area contributed by atoms with Gasteiger partial charge in [0.2, 0.25) is 5.91 Å². The van der Waals surface area contributed by atoms with Gasteiger partial charge in [-0.25, -0.2) is 0 Å². The van der Waals surface area contributed by atoms with Gasteiger partial charge in [0.25, 0.3) is 0 Å². The molecule has 1 fully saturated rings. The van der Waals surface area contributed by atoms with Crippen molar-refractivity contribution in [2.24, 2.45) is 0 Å². The number of unbranched alkanes of at least 4 members (excludes halogenated alkanes) is 1. The fourth-order valence-electron chi connectivity index (χ4n) is 2.52. The second kappa shape index (κ2) is 9.39. The topological polar surface area (TPSA) is 82.5 Å². The molecule has 0 radical (unpaired) electrons. The molecule has 0 bridgehead atoms. The molecule has 1 saturated heterocycles. The van der Waals surface area contributed by atoms with Crippen LogP contribution in [0.3, 0.4) is 0 Å². The lowest BCUT2D eigenvalue weighted by molar-refractivity contribution is -0.121. The van der Waals surface area contributed by atoms with Gasteiger partial charge in [0.15, 0.2) is 0 Å². The highest BCUT2D eigenvalue weighted by atomic mass is 33.1. The Hall–Kier alpha value is -0.920. The van der Waals surface area contributed by atoms with E-state index in [1.165, 1.54) is 24.8 Å². The van der Waals surface area contributed by atoms with E-state index < -0.39 is 0 Å². The van der Waals surface area contributed by atoms with Crippen LogP contribution in [0.5, 0.6) is 5.75 Å². The average molecular weight is 357 g/mol. The first kappa shape index (κ1) is 18.4. The molecule has 1 unspecified atom stereocenters. The predicted molar refractivity (Wildman–Crippen MR) is 95.3 cm³/mol. The van der Waals surface area contributed by atoms with Crippen molar-refractivity contribution in [2.75, 3.05) is 5.75 Å². The van der Waals surface area contributed by atoms with Crippen LogP contribution in [-0.4, -0.2) is 32.1 Å². The normalized spacial score (nSPS) is 17.4. The van der Waals surface area contributed by atoms with E-state index in [2.05, 4.69) is 10.3 Å². The van der Waals surface area contributed by atoms with Crippen LogP contribution in [0.2, 0.25) is 0 Å². The first-order valence-corrected chi connectivity index (χ1v) is 10.3. The average Bonchev–Trinajstić information content (AvgIpc) is 3.06. The highest BCUT2D eigenvalue weighted by Crippen LogP contribution is 2.39. The maximum atomic E-state index is 11.9. The lowest BCUT2D eigenvalue weighted by atomic mass is 10.1. The molecule has 128 valence electrons. The number of aryl methyl sites for hydroxylation is 1. The fraction of sp³-hybridized carbons (Fsp3) is 0.625. The molecule has 1 aliphatic rings. The summed E-state index contributed by atoms with van der Waals surface area (Å²) in [5.41, 5.74) is 1.59. The minimum atomic E-state index is -0.205. The molecule has 0 spiro atoms. The van der Waals surface area contributed by atoms with Gasteiger partial charge in [-0.15, -0.1) is 0 Å². The standard InChI is InChI=1S/C16H24N2O3S2/c1-11-16(21)14(12(10-19)8-17-11)9-18-15(20)5-3-2-4-13-6-7-22-23-13/h8,13,19,21H,2-7,9-10H2,1H3,(H,18,20). The molecular formula is C16H24N2O3S2. The van der Waals surface area contributed by atoms with Crippen molar-refractivity contribution >= 4 is 27.5 Å². The molecule has 23 heavy (non-hydrogen) atoms. The van der Waals surface area contributed by atoms with Crippen LogP contribution >= 0.6 is 21.6 Å². The maximum absolute atomic E-state index is 11.9. The van der Waals surface area contributed by atoms with E-state index in [0.29, 0.717) is 23.2 Å². The molecule has 2 rings (SSSR count). The van der Waals surface area contributed by atoms with Crippen molar-refractivity contribution in [3.8, 4) is 5.75 Å². The summed E-state index contributed by atoms with van der Waals surface area (Å²) in [5, 5.41) is 22.9. The molecule has 1 aromatic rings. The molecule has 0 saturated carbocycles. The minimum absolute atomic E-state index is 0.0174. The molecule has 1 aromatic heterocycles. The number of rotatable bonds is 8. The molecule has 1 atom stereocenters. The third kappa shape index (κ3) is 5.58. The Kier molecular flexibility index (Phi) is 7.52. The van der Waals surface area contributed by atoms with Gasteiger partial charge in [-0.05, 0) is 26.2 Å². The molecule has 0 aliphatic carbocycles. The van der Waals surface area contributed by atoms with Crippen molar-refractivity contribution in [1.29, 1.82) is 0 Å².